The van der Waals surface area contributed by atoms with Gasteiger partial charge >= 0.3 is 0 Å². The van der Waals surface area contributed by atoms with Crippen LogP contribution in [0.5, 0.6) is 5.75 Å². The molecule has 0 atom stereocenters. The van der Waals surface area contributed by atoms with E-state index in [-0.39, 0.29) is 10.5 Å². The zero-order valence-electron chi connectivity index (χ0n) is 6.76. The van der Waals surface area contributed by atoms with Crippen LogP contribution in [0.25, 0.3) is 0 Å². The van der Waals surface area contributed by atoms with E-state index in [0.717, 1.165) is 4.73 Å². The first kappa shape index (κ1) is 8.93. The molecule has 12 heavy (non-hydrogen) atoms. The average molecular weight is 189 g/mol. The van der Waals surface area contributed by atoms with E-state index in [2.05, 4.69) is 0 Å². The van der Waals surface area contributed by atoms with Gasteiger partial charge in [0, 0.05) is 5.56 Å². The molecule has 1 aromatic heterocycles. The van der Waals surface area contributed by atoms with E-state index >= 15 is 0 Å². The molecule has 2 N–H and O–H groups in total. The van der Waals surface area contributed by atoms with Crippen LogP contribution in [0.3, 0.4) is 0 Å². The Morgan fingerprint density at radius 1 is 1.67 bits per heavy atom. The number of pyridine rings is 1. The van der Waals surface area contributed by atoms with E-state index in [1.54, 1.807) is 6.92 Å². The van der Waals surface area contributed by atoms with Gasteiger partial charge in [-0.05, 0) is 6.92 Å². The average Bonchev–Trinajstić information content (AvgIpc) is 2.08. The number of nitrogens with zero attached hydrogens (tertiary/aromatic N) is 1. The van der Waals surface area contributed by atoms with Gasteiger partial charge in [-0.2, -0.15) is 4.73 Å². The normalized spacial score (nSPS) is 9.92. The van der Waals surface area contributed by atoms with E-state index in [0.29, 0.717) is 11.3 Å². The molecule has 1 aromatic rings. The third kappa shape index (κ3) is 1.25. The summed E-state index contributed by atoms with van der Waals surface area (Å²) in [4.78, 5) is 0. The first-order chi connectivity index (χ1) is 5.57. The molecule has 0 aromatic carbocycles. The van der Waals surface area contributed by atoms with Crippen LogP contribution in [0.15, 0.2) is 6.20 Å². The van der Waals surface area contributed by atoms with Crippen molar-refractivity contribution in [1.82, 2.24) is 4.73 Å². The summed E-state index contributed by atoms with van der Waals surface area (Å²) in [6, 6.07) is 0. The maximum atomic E-state index is 9.16. The van der Waals surface area contributed by atoms with Gasteiger partial charge in [-0.1, -0.05) is 11.6 Å². The fraction of sp³-hybridized carbons (Fsp3) is 0.286. The maximum absolute atomic E-state index is 9.16. The summed E-state index contributed by atoms with van der Waals surface area (Å²) in [6.07, 6.45) is 1.25. The van der Waals surface area contributed by atoms with Crippen molar-refractivity contribution in [2.24, 2.45) is 0 Å². The molecular weight excluding hydrogens is 180 g/mol. The van der Waals surface area contributed by atoms with E-state index in [1.165, 1.54) is 13.3 Å². The molecular formula is C7H9ClN2O2. The highest BCUT2D eigenvalue weighted by Crippen LogP contribution is 2.13. The summed E-state index contributed by atoms with van der Waals surface area (Å²) < 4.78 is 5.56. The number of rotatable bonds is 1. The fourth-order valence-corrected chi connectivity index (χ4v) is 0.990. The number of nitrogens with one attached hydrogen (secondary N) is 1. The highest BCUT2D eigenvalue weighted by atomic mass is 35.5. The smallest absolute Gasteiger partial charge is 0.163 e. The Labute approximate surface area is 74.4 Å². The van der Waals surface area contributed by atoms with Crippen LogP contribution < -0.4 is 10.1 Å². The standard InChI is InChI=1S/C7H9ClN2O2/c1-4-6(9)5(12-2)3-10(11)7(4)8/h3,9,11H,1-2H3. The van der Waals surface area contributed by atoms with Crippen LogP contribution in [0.2, 0.25) is 5.15 Å². The Hall–Kier alpha value is -1.16. The number of aromatic nitrogens is 1. The number of hydrogen-bond acceptors (Lipinski definition) is 3. The molecule has 0 fully saturated rings. The highest BCUT2D eigenvalue weighted by Gasteiger charge is 2.06. The summed E-state index contributed by atoms with van der Waals surface area (Å²) in [5.41, 5.74) is 0.485. The Balaban J connectivity index is 3.50. The van der Waals surface area contributed by atoms with Crippen molar-refractivity contribution >= 4 is 11.6 Å². The van der Waals surface area contributed by atoms with Crippen molar-refractivity contribution in [3.8, 4) is 5.75 Å². The molecule has 4 nitrogen and oxygen atoms in total. The predicted octanol–water partition coefficient (Wildman–Crippen LogP) is 1.18. The van der Waals surface area contributed by atoms with Gasteiger partial charge in [0.05, 0.1) is 13.3 Å². The lowest BCUT2D eigenvalue weighted by Crippen LogP contribution is -2.13. The summed E-state index contributed by atoms with van der Waals surface area (Å²) in [5.74, 6) is 0.291. The van der Waals surface area contributed by atoms with Crippen molar-refractivity contribution in [3.05, 3.63) is 22.3 Å². The quantitative estimate of drug-likeness (QED) is 0.514. The first-order valence-corrected chi connectivity index (χ1v) is 3.65. The Morgan fingerprint density at radius 2 is 2.25 bits per heavy atom. The Bertz CT molecular complexity index is 359. The third-order valence-electron chi connectivity index (χ3n) is 1.59. The topological polar surface area (TPSA) is 58.2 Å². The van der Waals surface area contributed by atoms with Crippen LogP contribution >= 0.6 is 11.6 Å². The minimum absolute atomic E-state index is 0.126. The van der Waals surface area contributed by atoms with Gasteiger partial charge in [0.1, 0.15) is 5.36 Å². The lowest BCUT2D eigenvalue weighted by molar-refractivity contribution is 0.180. The zero-order chi connectivity index (χ0) is 9.30. The minimum Gasteiger partial charge on any atom is -0.493 e. The van der Waals surface area contributed by atoms with Crippen LogP contribution in [0, 0.1) is 12.3 Å². The first-order valence-electron chi connectivity index (χ1n) is 3.27. The summed E-state index contributed by atoms with van der Waals surface area (Å²) in [6.45, 7) is 1.64. The fourth-order valence-electron chi connectivity index (χ4n) is 0.847. The molecule has 5 heteroatoms. The molecule has 0 bridgehead atoms. The van der Waals surface area contributed by atoms with Gasteiger partial charge in [-0.3, -0.25) is 5.41 Å². The SMILES string of the molecule is COc1cn(O)c(Cl)c(C)c1=N. The van der Waals surface area contributed by atoms with Crippen LogP contribution in [-0.2, 0) is 0 Å². The maximum Gasteiger partial charge on any atom is 0.163 e. The van der Waals surface area contributed by atoms with Crippen LogP contribution in [-0.4, -0.2) is 17.0 Å². The minimum atomic E-state index is 0.126. The van der Waals surface area contributed by atoms with Gasteiger partial charge in [0.25, 0.3) is 0 Å². The van der Waals surface area contributed by atoms with Crippen LogP contribution in [0.4, 0.5) is 0 Å². The van der Waals surface area contributed by atoms with E-state index in [9.17, 15) is 0 Å². The van der Waals surface area contributed by atoms with Gasteiger partial charge in [-0.25, -0.2) is 0 Å². The number of ether oxygens (including phenoxy) is 1. The van der Waals surface area contributed by atoms with Crippen molar-refractivity contribution in [1.29, 1.82) is 5.41 Å². The summed E-state index contributed by atoms with van der Waals surface area (Å²) in [7, 11) is 1.43. The molecule has 66 valence electrons. The molecule has 0 aliphatic heterocycles. The number of methoxy groups -OCH3 is 1. The molecule has 0 radical (unpaired) electrons. The molecule has 0 amide bonds. The van der Waals surface area contributed by atoms with E-state index in [4.69, 9.17) is 27.0 Å². The second kappa shape index (κ2) is 3.06. The van der Waals surface area contributed by atoms with Crippen molar-refractivity contribution in [2.75, 3.05) is 7.11 Å². The lowest BCUT2D eigenvalue weighted by atomic mass is 10.3. The van der Waals surface area contributed by atoms with Gasteiger partial charge < -0.3 is 9.94 Å². The molecule has 0 unspecified atom stereocenters. The van der Waals surface area contributed by atoms with Crippen LogP contribution in [0.1, 0.15) is 5.56 Å². The summed E-state index contributed by atoms with van der Waals surface area (Å²) in [5, 5.41) is 17.0. The van der Waals surface area contributed by atoms with Crippen molar-refractivity contribution < 1.29 is 9.94 Å². The van der Waals surface area contributed by atoms with E-state index in [1.807, 2.05) is 0 Å². The van der Waals surface area contributed by atoms with Crippen molar-refractivity contribution in [2.45, 2.75) is 6.92 Å². The largest absolute Gasteiger partial charge is 0.493 e. The third-order valence-corrected chi connectivity index (χ3v) is 2.05. The van der Waals surface area contributed by atoms with Gasteiger partial charge in [0.2, 0.25) is 0 Å². The second-order valence-corrected chi connectivity index (χ2v) is 2.69. The van der Waals surface area contributed by atoms with Crippen molar-refractivity contribution in [3.63, 3.8) is 0 Å². The van der Waals surface area contributed by atoms with Gasteiger partial charge in [0.15, 0.2) is 10.9 Å². The monoisotopic (exact) mass is 188 g/mol. The number of halogens is 1. The highest BCUT2D eigenvalue weighted by molar-refractivity contribution is 6.30. The second-order valence-electron chi connectivity index (χ2n) is 2.33. The molecule has 1 rings (SSSR count). The molecule has 0 saturated heterocycles. The Morgan fingerprint density at radius 3 is 2.75 bits per heavy atom. The number of hydrogen-bond donors (Lipinski definition) is 2. The van der Waals surface area contributed by atoms with Gasteiger partial charge in [-0.15, -0.1) is 0 Å². The molecule has 0 saturated carbocycles. The molecule has 0 spiro atoms. The van der Waals surface area contributed by atoms with E-state index < -0.39 is 0 Å². The molecule has 0 aliphatic carbocycles. The zero-order valence-corrected chi connectivity index (χ0v) is 7.51. The Kier molecular flexibility index (Phi) is 2.28. The molecule has 0 aliphatic rings. The molecule has 1 heterocycles. The summed E-state index contributed by atoms with van der Waals surface area (Å²) >= 11 is 5.65. The lowest BCUT2D eigenvalue weighted by Gasteiger charge is -2.07. The predicted molar refractivity (Wildman–Crippen MR) is 43.8 cm³/mol.